The van der Waals surface area contributed by atoms with Crippen molar-refractivity contribution in [2.75, 3.05) is 24.3 Å². The summed E-state index contributed by atoms with van der Waals surface area (Å²) in [6, 6.07) is 7.02. The summed E-state index contributed by atoms with van der Waals surface area (Å²) in [5.74, 6) is -1.84. The minimum Gasteiger partial charge on any atom is -0.481 e. The number of benzene rings is 1. The average molecular weight is 647 g/mol. The van der Waals surface area contributed by atoms with Crippen LogP contribution in [0.1, 0.15) is 64.2 Å². The van der Waals surface area contributed by atoms with Gasteiger partial charge in [-0.15, -0.1) is 0 Å². The first-order valence-electron chi connectivity index (χ1n) is 15.5. The van der Waals surface area contributed by atoms with Gasteiger partial charge in [-0.2, -0.15) is 9.97 Å². The number of nitrogens with one attached hydrogen (secondary N) is 2. The number of fused-ring (bicyclic) bond motifs is 3. The first-order valence-corrected chi connectivity index (χ1v) is 17.0. The van der Waals surface area contributed by atoms with Gasteiger partial charge in [0.05, 0.1) is 19.1 Å². The van der Waals surface area contributed by atoms with Gasteiger partial charge in [0, 0.05) is 37.4 Å². The summed E-state index contributed by atoms with van der Waals surface area (Å²) < 4.78 is 71.0. The number of methoxy groups -OCH3 is 2. The maximum Gasteiger partial charge on any atom is 0.321 e. The van der Waals surface area contributed by atoms with E-state index in [2.05, 4.69) is 20.0 Å². The predicted octanol–water partition coefficient (Wildman–Crippen LogP) is 3.48. The van der Waals surface area contributed by atoms with Crippen molar-refractivity contribution in [3.8, 4) is 11.9 Å². The second kappa shape index (κ2) is 11.9. The zero-order chi connectivity index (χ0) is 31.2. The maximum absolute atomic E-state index is 13.7. The third-order valence-corrected chi connectivity index (χ3v) is 10.5. The highest BCUT2D eigenvalue weighted by Gasteiger charge is 2.65. The van der Waals surface area contributed by atoms with E-state index in [1.165, 1.54) is 44.6 Å². The van der Waals surface area contributed by atoms with Gasteiger partial charge in [-0.25, -0.2) is 8.42 Å². The third-order valence-electron chi connectivity index (χ3n) is 9.11. The van der Waals surface area contributed by atoms with Crippen molar-refractivity contribution in [1.82, 2.24) is 9.97 Å². The summed E-state index contributed by atoms with van der Waals surface area (Å²) in [4.78, 5) is 21.7. The number of anilines is 2. The van der Waals surface area contributed by atoms with E-state index in [1.807, 2.05) is 0 Å². The molecule has 14 nitrogen and oxygen atoms in total. The summed E-state index contributed by atoms with van der Waals surface area (Å²) in [6.07, 6.45) is 5.76. The summed E-state index contributed by atoms with van der Waals surface area (Å²) in [5, 5.41) is 2.86. The SMILES string of the molecule is COc1cc(NS(=O)(=O)c2ccc(NC(=O)C3O[C@@H]4OC5(CCCCC5)O[C@@H]4[C@H]4OC5(CCCCC5)O[C@@H]34)cc2)nc(OC)n1. The minimum absolute atomic E-state index is 0.0268. The van der Waals surface area contributed by atoms with Crippen LogP contribution in [0.25, 0.3) is 0 Å². The van der Waals surface area contributed by atoms with Crippen LogP contribution in [0, 0.1) is 0 Å². The monoisotopic (exact) mass is 646 g/mol. The van der Waals surface area contributed by atoms with Gasteiger partial charge in [0.15, 0.2) is 29.8 Å². The number of nitrogens with zero attached hydrogens (tertiary/aromatic N) is 2. The van der Waals surface area contributed by atoms with Crippen LogP contribution in [0.15, 0.2) is 35.2 Å². The van der Waals surface area contributed by atoms with E-state index >= 15 is 0 Å². The largest absolute Gasteiger partial charge is 0.481 e. The summed E-state index contributed by atoms with van der Waals surface area (Å²) in [7, 11) is -1.28. The molecule has 2 N–H and O–H groups in total. The van der Waals surface area contributed by atoms with E-state index in [9.17, 15) is 13.2 Å². The molecule has 0 bridgehead atoms. The molecule has 2 spiro atoms. The zero-order valence-electron chi connectivity index (χ0n) is 25.2. The Bertz CT molecular complexity index is 1490. The molecular formula is C30H38N4O10S. The number of carbonyl (C=O) groups is 1. The highest BCUT2D eigenvalue weighted by atomic mass is 32.2. The summed E-state index contributed by atoms with van der Waals surface area (Å²) in [6.45, 7) is 0. The van der Waals surface area contributed by atoms with Crippen LogP contribution in [0.5, 0.6) is 11.9 Å². The van der Waals surface area contributed by atoms with E-state index in [0.29, 0.717) is 5.69 Å². The molecule has 3 aliphatic heterocycles. The molecule has 2 aromatic rings. The van der Waals surface area contributed by atoms with Gasteiger partial charge in [-0.1, -0.05) is 12.8 Å². The average Bonchev–Trinajstić information content (AvgIpc) is 3.58. The number of hydrogen-bond donors (Lipinski definition) is 2. The Balaban J connectivity index is 1.07. The summed E-state index contributed by atoms with van der Waals surface area (Å²) in [5.41, 5.74) is 0.380. The van der Waals surface area contributed by atoms with E-state index in [1.54, 1.807) is 0 Å². The lowest BCUT2D eigenvalue weighted by molar-refractivity contribution is -0.246. The number of aromatic nitrogens is 2. The molecule has 4 heterocycles. The summed E-state index contributed by atoms with van der Waals surface area (Å²) >= 11 is 0. The molecule has 1 unspecified atom stereocenters. The number of rotatable bonds is 7. The quantitative estimate of drug-likeness (QED) is 0.451. The lowest BCUT2D eigenvalue weighted by Crippen LogP contribution is -2.58. The molecule has 2 aliphatic carbocycles. The van der Waals surface area contributed by atoms with Crippen LogP contribution in [0.3, 0.4) is 0 Å². The molecule has 5 aliphatic rings. The van der Waals surface area contributed by atoms with Crippen molar-refractivity contribution in [3.63, 3.8) is 0 Å². The Labute approximate surface area is 261 Å². The predicted molar refractivity (Wildman–Crippen MR) is 157 cm³/mol. The van der Waals surface area contributed by atoms with Crippen molar-refractivity contribution in [2.45, 2.75) is 111 Å². The number of carbonyl (C=O) groups excluding carboxylic acids is 1. The van der Waals surface area contributed by atoms with Gasteiger partial charge in [0.1, 0.15) is 18.3 Å². The van der Waals surface area contributed by atoms with Gasteiger partial charge in [-0.3, -0.25) is 9.52 Å². The molecule has 1 aromatic heterocycles. The van der Waals surface area contributed by atoms with Crippen LogP contribution >= 0.6 is 0 Å². The zero-order valence-corrected chi connectivity index (χ0v) is 26.0. The van der Waals surface area contributed by atoms with Crippen LogP contribution in [0.2, 0.25) is 0 Å². The van der Waals surface area contributed by atoms with Crippen molar-refractivity contribution < 1.29 is 46.4 Å². The Kier molecular flexibility index (Phi) is 8.11. The van der Waals surface area contributed by atoms with Crippen molar-refractivity contribution in [2.24, 2.45) is 0 Å². The lowest BCUT2D eigenvalue weighted by atomic mass is 9.94. The fraction of sp³-hybridized carbons (Fsp3) is 0.633. The van der Waals surface area contributed by atoms with Gasteiger partial charge in [0.25, 0.3) is 15.9 Å². The molecule has 1 amide bonds. The van der Waals surface area contributed by atoms with Gasteiger partial charge in [0.2, 0.25) is 5.88 Å². The standard InChI is InChI=1S/C30H38N4O10S/c1-38-21-17-20(32-28(33-21)39-2)34-45(36,37)19-11-9-18(10-12-19)31-26(35)24-22-23(42-29(41-22)13-5-3-6-14-29)25-27(40-24)44-30(43-25)15-7-4-8-16-30/h9-12,17,22-25,27H,3-8,13-16H2,1-2H3,(H,31,35)(H,32,33,34)/t22-,23+,24?,25-,27-/m1/s1. The molecule has 2 saturated carbocycles. The normalized spacial score (nSPS) is 30.0. The fourth-order valence-electron chi connectivity index (χ4n) is 6.95. The topological polar surface area (TPSA) is 166 Å². The molecule has 5 atom stereocenters. The fourth-order valence-corrected chi connectivity index (χ4v) is 7.94. The van der Waals surface area contributed by atoms with Gasteiger partial charge < -0.3 is 38.5 Å². The third kappa shape index (κ3) is 5.97. The molecule has 15 heteroatoms. The highest BCUT2D eigenvalue weighted by molar-refractivity contribution is 7.92. The van der Waals surface area contributed by atoms with E-state index in [0.717, 1.165) is 64.2 Å². The second-order valence-electron chi connectivity index (χ2n) is 12.1. The van der Waals surface area contributed by atoms with Crippen LogP contribution < -0.4 is 19.5 Å². The smallest absolute Gasteiger partial charge is 0.321 e. The first kappa shape index (κ1) is 30.6. The van der Waals surface area contributed by atoms with E-state index < -0.39 is 58.2 Å². The number of ether oxygens (including phenoxy) is 7. The van der Waals surface area contributed by atoms with Gasteiger partial charge >= 0.3 is 6.01 Å². The number of hydrogen-bond acceptors (Lipinski definition) is 12. The molecule has 0 radical (unpaired) electrons. The van der Waals surface area contributed by atoms with Crippen LogP contribution in [0.4, 0.5) is 11.5 Å². The second-order valence-corrected chi connectivity index (χ2v) is 13.8. The number of amides is 1. The Morgan fingerprint density at radius 1 is 0.822 bits per heavy atom. The highest BCUT2D eigenvalue weighted by Crippen LogP contribution is 2.51. The van der Waals surface area contributed by atoms with Gasteiger partial charge in [-0.05, 0) is 49.9 Å². The Morgan fingerprint density at radius 3 is 2.09 bits per heavy atom. The minimum atomic E-state index is -4.04. The van der Waals surface area contributed by atoms with Crippen molar-refractivity contribution in [1.29, 1.82) is 0 Å². The maximum atomic E-state index is 13.7. The molecule has 5 fully saturated rings. The lowest BCUT2D eigenvalue weighted by Gasteiger charge is -2.36. The molecule has 244 valence electrons. The van der Waals surface area contributed by atoms with E-state index in [-0.39, 0.29) is 22.6 Å². The Morgan fingerprint density at radius 2 is 1.44 bits per heavy atom. The van der Waals surface area contributed by atoms with E-state index in [4.69, 9.17) is 33.2 Å². The first-order chi connectivity index (χ1) is 21.7. The van der Waals surface area contributed by atoms with Crippen LogP contribution in [-0.2, 0) is 38.5 Å². The number of sulfonamides is 1. The van der Waals surface area contributed by atoms with Crippen LogP contribution in [-0.4, -0.2) is 80.8 Å². The molecular weight excluding hydrogens is 608 g/mol. The molecule has 3 saturated heterocycles. The van der Waals surface area contributed by atoms with Crippen molar-refractivity contribution in [3.05, 3.63) is 30.3 Å². The molecule has 45 heavy (non-hydrogen) atoms. The Hall–Kier alpha value is -3.08. The molecule has 1 aromatic carbocycles. The molecule has 7 rings (SSSR count). The van der Waals surface area contributed by atoms with Crippen molar-refractivity contribution >= 4 is 27.4 Å².